The number of rotatable bonds is 6. The van der Waals surface area contributed by atoms with Crippen molar-refractivity contribution < 1.29 is 27.6 Å². The average Bonchev–Trinajstić information content (AvgIpc) is 3.51. The molecule has 1 N–H and O–H groups in total. The van der Waals surface area contributed by atoms with Gasteiger partial charge in [-0.3, -0.25) is 19.2 Å². The molecule has 3 atom stereocenters. The van der Waals surface area contributed by atoms with Gasteiger partial charge < -0.3 is 15.1 Å². The highest BCUT2D eigenvalue weighted by molar-refractivity contribution is 7.90. The van der Waals surface area contributed by atoms with Gasteiger partial charge >= 0.3 is 0 Å². The highest BCUT2D eigenvalue weighted by Crippen LogP contribution is 2.31. The number of sulfone groups is 1. The van der Waals surface area contributed by atoms with Crippen LogP contribution in [0, 0.1) is 0 Å². The first-order valence-electron chi connectivity index (χ1n) is 10.4. The molecular weight excluding hydrogens is 466 g/mol. The van der Waals surface area contributed by atoms with Crippen LogP contribution in [0.15, 0.2) is 47.2 Å². The van der Waals surface area contributed by atoms with Crippen LogP contribution in [0.3, 0.4) is 0 Å². The number of nitrogens with zero attached hydrogens (tertiary/aromatic N) is 2. The van der Waals surface area contributed by atoms with Crippen LogP contribution in [0.4, 0.5) is 0 Å². The number of carbonyl (C=O) groups is 4. The molecule has 0 unspecified atom stereocenters. The maximum absolute atomic E-state index is 13.4. The molecule has 3 heterocycles. The van der Waals surface area contributed by atoms with Gasteiger partial charge in [-0.2, -0.15) is 11.3 Å². The third-order valence-corrected chi connectivity index (χ3v) is 7.47. The Labute approximate surface area is 195 Å². The Morgan fingerprint density at radius 2 is 1.85 bits per heavy atom. The van der Waals surface area contributed by atoms with E-state index in [0.29, 0.717) is 17.5 Å². The van der Waals surface area contributed by atoms with Crippen molar-refractivity contribution in [2.45, 2.75) is 24.5 Å². The Kier molecular flexibility index (Phi) is 6.35. The molecule has 3 amide bonds. The number of fused-ring (bicyclic) bond motifs is 1. The summed E-state index contributed by atoms with van der Waals surface area (Å²) in [7, 11) is -3.62. The zero-order chi connectivity index (χ0) is 23.8. The van der Waals surface area contributed by atoms with Gasteiger partial charge in [-0.15, -0.1) is 0 Å². The quantitative estimate of drug-likeness (QED) is 0.634. The van der Waals surface area contributed by atoms with Gasteiger partial charge in [-0.05, 0) is 30.0 Å². The van der Waals surface area contributed by atoms with E-state index >= 15 is 0 Å². The average molecular weight is 490 g/mol. The number of benzene rings is 1. The van der Waals surface area contributed by atoms with Gasteiger partial charge in [0.25, 0.3) is 11.8 Å². The second-order valence-electron chi connectivity index (χ2n) is 8.23. The molecule has 11 heteroatoms. The van der Waals surface area contributed by atoms with Crippen LogP contribution in [-0.2, 0) is 19.4 Å². The Hall–Kier alpha value is -3.05. The normalized spacial score (nSPS) is 21.1. The van der Waals surface area contributed by atoms with Crippen molar-refractivity contribution in [3.05, 3.63) is 58.3 Å². The van der Waals surface area contributed by atoms with E-state index in [1.165, 1.54) is 21.1 Å². The van der Waals surface area contributed by atoms with Gasteiger partial charge in [0.05, 0.1) is 23.9 Å². The summed E-state index contributed by atoms with van der Waals surface area (Å²) in [6.07, 6.45) is 1.38. The lowest BCUT2D eigenvalue weighted by Crippen LogP contribution is -2.54. The Morgan fingerprint density at radius 3 is 2.48 bits per heavy atom. The summed E-state index contributed by atoms with van der Waals surface area (Å²) in [5, 5.41) is 5.80. The third kappa shape index (κ3) is 4.83. The van der Waals surface area contributed by atoms with E-state index in [4.69, 9.17) is 0 Å². The summed E-state index contributed by atoms with van der Waals surface area (Å²) in [5.41, 5.74) is 0.774. The topological polar surface area (TPSA) is 121 Å². The van der Waals surface area contributed by atoms with Crippen molar-refractivity contribution in [1.82, 2.24) is 15.1 Å². The first-order chi connectivity index (χ1) is 15.7. The number of hydrogen-bond donors (Lipinski definition) is 1. The molecule has 0 radical (unpaired) electrons. The number of carbonyl (C=O) groups excluding carboxylic acids is 4. The standard InChI is InChI=1S/C22H23N3O6S2/c1-33(30,31)13-16(23-20(27)15-8-10-32-12-15)22(29)24-9-7-17-19(24)18(26)11-25(17)21(28)14-5-3-2-4-6-14/h2-6,8,10,12,16-17,19H,7,9,11,13H2,1H3,(H,23,27)/t16-,17+,19-/m0/s1. The lowest BCUT2D eigenvalue weighted by Gasteiger charge is -2.28. The fraction of sp³-hybridized carbons (Fsp3) is 0.364. The molecular formula is C22H23N3O6S2. The summed E-state index contributed by atoms with van der Waals surface area (Å²) >= 11 is 1.30. The van der Waals surface area contributed by atoms with Crippen LogP contribution in [0.2, 0.25) is 0 Å². The fourth-order valence-electron chi connectivity index (χ4n) is 4.40. The van der Waals surface area contributed by atoms with Crippen molar-refractivity contribution in [3.63, 3.8) is 0 Å². The number of hydrogen-bond acceptors (Lipinski definition) is 7. The van der Waals surface area contributed by atoms with E-state index in [1.54, 1.807) is 47.2 Å². The summed E-state index contributed by atoms with van der Waals surface area (Å²) < 4.78 is 24.0. The summed E-state index contributed by atoms with van der Waals surface area (Å²) in [5.74, 6) is -2.36. The fourth-order valence-corrected chi connectivity index (χ4v) is 5.87. The minimum absolute atomic E-state index is 0.120. The van der Waals surface area contributed by atoms with E-state index in [1.807, 2.05) is 0 Å². The van der Waals surface area contributed by atoms with Crippen LogP contribution in [-0.4, -0.2) is 84.9 Å². The van der Waals surface area contributed by atoms with Crippen LogP contribution < -0.4 is 5.32 Å². The molecule has 2 saturated heterocycles. The molecule has 1 aromatic heterocycles. The molecule has 174 valence electrons. The number of Topliss-reactive ketones (excluding diaryl/α,β-unsaturated/α-hetero) is 1. The maximum atomic E-state index is 13.4. The molecule has 0 saturated carbocycles. The van der Waals surface area contributed by atoms with E-state index in [-0.39, 0.29) is 24.8 Å². The molecule has 0 aliphatic carbocycles. The summed E-state index contributed by atoms with van der Waals surface area (Å²) in [4.78, 5) is 54.5. The number of ketones is 1. The largest absolute Gasteiger partial charge is 0.339 e. The Morgan fingerprint density at radius 1 is 1.12 bits per heavy atom. The monoisotopic (exact) mass is 489 g/mol. The van der Waals surface area contributed by atoms with Crippen molar-refractivity contribution in [1.29, 1.82) is 0 Å². The van der Waals surface area contributed by atoms with Gasteiger partial charge in [-0.1, -0.05) is 18.2 Å². The minimum Gasteiger partial charge on any atom is -0.339 e. The van der Waals surface area contributed by atoms with Crippen molar-refractivity contribution in [3.8, 4) is 0 Å². The van der Waals surface area contributed by atoms with E-state index in [9.17, 15) is 27.6 Å². The second-order valence-corrected chi connectivity index (χ2v) is 11.2. The Bertz CT molecular complexity index is 1180. The number of nitrogens with one attached hydrogen (secondary N) is 1. The van der Waals surface area contributed by atoms with Gasteiger partial charge in [0.15, 0.2) is 5.78 Å². The van der Waals surface area contributed by atoms with Gasteiger partial charge in [0, 0.05) is 23.7 Å². The highest BCUT2D eigenvalue weighted by atomic mass is 32.2. The van der Waals surface area contributed by atoms with Crippen molar-refractivity contribution in [2.24, 2.45) is 0 Å². The SMILES string of the molecule is CS(=O)(=O)C[C@H](NC(=O)c1ccsc1)C(=O)N1CC[C@@H]2[C@H]1C(=O)CN2C(=O)c1ccccc1. The zero-order valence-electron chi connectivity index (χ0n) is 17.8. The van der Waals surface area contributed by atoms with Gasteiger partial charge in [0.1, 0.15) is 21.9 Å². The molecule has 0 spiro atoms. The van der Waals surface area contributed by atoms with Crippen LogP contribution in [0.1, 0.15) is 27.1 Å². The summed E-state index contributed by atoms with van der Waals surface area (Å²) in [6, 6.07) is 7.49. The molecule has 9 nitrogen and oxygen atoms in total. The van der Waals surface area contributed by atoms with Crippen LogP contribution in [0.25, 0.3) is 0 Å². The molecule has 2 aliphatic heterocycles. The predicted octanol–water partition coefficient (Wildman–Crippen LogP) is 0.586. The van der Waals surface area contributed by atoms with E-state index in [0.717, 1.165) is 6.26 Å². The molecule has 0 bridgehead atoms. The molecule has 1 aromatic carbocycles. The molecule has 2 fully saturated rings. The molecule has 2 aliphatic rings. The smallest absolute Gasteiger partial charge is 0.254 e. The van der Waals surface area contributed by atoms with Gasteiger partial charge in [0.2, 0.25) is 5.91 Å². The molecule has 33 heavy (non-hydrogen) atoms. The first kappa shape index (κ1) is 23.1. The second kappa shape index (κ2) is 9.06. The van der Waals surface area contributed by atoms with E-state index in [2.05, 4.69) is 5.32 Å². The Balaban J connectivity index is 1.54. The minimum atomic E-state index is -3.62. The van der Waals surface area contributed by atoms with Gasteiger partial charge in [-0.25, -0.2) is 8.42 Å². The van der Waals surface area contributed by atoms with Crippen molar-refractivity contribution >= 4 is 44.7 Å². The zero-order valence-corrected chi connectivity index (χ0v) is 19.5. The lowest BCUT2D eigenvalue weighted by molar-refractivity contribution is -0.137. The van der Waals surface area contributed by atoms with Crippen LogP contribution in [0.5, 0.6) is 0 Å². The lowest BCUT2D eigenvalue weighted by atomic mass is 10.1. The number of likely N-dealkylation sites (tertiary alicyclic amines) is 2. The predicted molar refractivity (Wildman–Crippen MR) is 122 cm³/mol. The third-order valence-electron chi connectivity index (χ3n) is 5.84. The highest BCUT2D eigenvalue weighted by Gasteiger charge is 2.52. The van der Waals surface area contributed by atoms with Crippen molar-refractivity contribution in [2.75, 3.05) is 25.1 Å². The molecule has 2 aromatic rings. The first-order valence-corrected chi connectivity index (χ1v) is 13.4. The number of amides is 3. The molecule has 4 rings (SSSR count). The summed E-state index contributed by atoms with van der Waals surface area (Å²) in [6.45, 7) is 0.0674. The maximum Gasteiger partial charge on any atom is 0.254 e. The van der Waals surface area contributed by atoms with Crippen LogP contribution >= 0.6 is 11.3 Å². The number of thiophene rings is 1. The van der Waals surface area contributed by atoms with E-state index < -0.39 is 45.5 Å².